The Morgan fingerprint density at radius 1 is 0.963 bits per heavy atom. The molecule has 0 saturated carbocycles. The number of fused-ring (bicyclic) bond motifs is 1. The molecule has 1 aliphatic heterocycles. The van der Waals surface area contributed by atoms with Crippen molar-refractivity contribution in [3.63, 3.8) is 0 Å². The van der Waals surface area contributed by atoms with Crippen molar-refractivity contribution < 1.29 is 14.3 Å². The quantitative estimate of drug-likeness (QED) is 0.697. The number of anilines is 1. The summed E-state index contributed by atoms with van der Waals surface area (Å²) in [5.41, 5.74) is 6.74. The first-order valence-electron chi connectivity index (χ1n) is 8.21. The molecular formula is C20H15N3O4. The van der Waals surface area contributed by atoms with Crippen LogP contribution in [-0.2, 0) is 0 Å². The van der Waals surface area contributed by atoms with Crippen LogP contribution in [0.5, 0.6) is 11.5 Å². The van der Waals surface area contributed by atoms with E-state index in [9.17, 15) is 14.4 Å². The Labute approximate surface area is 154 Å². The van der Waals surface area contributed by atoms with Crippen LogP contribution >= 0.6 is 0 Å². The highest BCUT2D eigenvalue weighted by Crippen LogP contribution is 2.33. The maximum Gasteiger partial charge on any atom is 0.262 e. The zero-order chi connectivity index (χ0) is 19.1. The van der Waals surface area contributed by atoms with Gasteiger partial charge in [0.05, 0.1) is 16.8 Å². The van der Waals surface area contributed by atoms with Gasteiger partial charge in [-0.3, -0.25) is 24.3 Å². The third-order valence-electron chi connectivity index (χ3n) is 4.35. The standard InChI is InChI=1S/C20H15N3O4/c1-11-6-5-9-14(17(11)27-12-7-3-2-4-8-12)23-15(24)10-13-16(18(23)21)20(26)22-19(13)25/h2-10H,21H2,1H3,(H,22,25,26). The highest BCUT2D eigenvalue weighted by molar-refractivity contribution is 6.23. The van der Waals surface area contributed by atoms with E-state index >= 15 is 0 Å². The average molecular weight is 361 g/mol. The first-order valence-corrected chi connectivity index (χ1v) is 8.21. The Morgan fingerprint density at radius 3 is 2.44 bits per heavy atom. The number of amides is 2. The van der Waals surface area contributed by atoms with Gasteiger partial charge >= 0.3 is 0 Å². The van der Waals surface area contributed by atoms with Gasteiger partial charge in [0, 0.05) is 6.07 Å². The molecule has 0 bridgehead atoms. The van der Waals surface area contributed by atoms with Gasteiger partial charge in [-0.25, -0.2) is 0 Å². The summed E-state index contributed by atoms with van der Waals surface area (Å²) < 4.78 is 7.17. The number of aryl methyl sites for hydroxylation is 1. The number of nitrogens with one attached hydrogen (secondary N) is 1. The number of carbonyl (C=O) groups is 2. The second-order valence-corrected chi connectivity index (χ2v) is 6.11. The first-order chi connectivity index (χ1) is 13.0. The van der Waals surface area contributed by atoms with Crippen LogP contribution in [0, 0.1) is 6.92 Å². The summed E-state index contributed by atoms with van der Waals surface area (Å²) in [7, 11) is 0. The molecule has 2 aromatic carbocycles. The molecule has 27 heavy (non-hydrogen) atoms. The minimum absolute atomic E-state index is 0.00762. The molecule has 7 nitrogen and oxygen atoms in total. The number of aromatic nitrogens is 1. The van der Waals surface area contributed by atoms with Crippen LogP contribution in [0.25, 0.3) is 5.69 Å². The van der Waals surface area contributed by atoms with Gasteiger partial charge in [-0.05, 0) is 30.7 Å². The van der Waals surface area contributed by atoms with E-state index in [-0.39, 0.29) is 16.9 Å². The molecule has 2 heterocycles. The van der Waals surface area contributed by atoms with Crippen LogP contribution < -0.4 is 21.3 Å². The maximum atomic E-state index is 12.7. The Hall–Kier alpha value is -3.87. The number of hydrogen-bond acceptors (Lipinski definition) is 5. The normalized spacial score (nSPS) is 12.6. The van der Waals surface area contributed by atoms with E-state index in [0.717, 1.165) is 11.6 Å². The minimum atomic E-state index is -0.629. The fourth-order valence-corrected chi connectivity index (χ4v) is 3.08. The van der Waals surface area contributed by atoms with Crippen molar-refractivity contribution in [3.8, 4) is 17.2 Å². The number of ether oxygens (including phenoxy) is 1. The molecule has 0 radical (unpaired) electrons. The van der Waals surface area contributed by atoms with E-state index in [1.165, 1.54) is 4.57 Å². The highest BCUT2D eigenvalue weighted by atomic mass is 16.5. The summed E-state index contributed by atoms with van der Waals surface area (Å²) in [5.74, 6) is -0.337. The molecule has 1 aromatic heterocycles. The molecule has 0 unspecified atom stereocenters. The van der Waals surface area contributed by atoms with E-state index < -0.39 is 17.4 Å². The molecule has 0 aliphatic carbocycles. The molecule has 7 heteroatoms. The molecule has 3 aromatic rings. The Balaban J connectivity index is 1.95. The number of para-hydroxylation sites is 2. The lowest BCUT2D eigenvalue weighted by atomic mass is 10.1. The highest BCUT2D eigenvalue weighted by Gasteiger charge is 2.32. The minimum Gasteiger partial charge on any atom is -0.455 e. The van der Waals surface area contributed by atoms with Gasteiger partial charge in [0.15, 0.2) is 5.75 Å². The van der Waals surface area contributed by atoms with Gasteiger partial charge in [-0.15, -0.1) is 0 Å². The van der Waals surface area contributed by atoms with Crippen LogP contribution in [0.4, 0.5) is 5.82 Å². The number of rotatable bonds is 3. The number of imide groups is 1. The lowest BCUT2D eigenvalue weighted by molar-refractivity contribution is 0.0880. The monoisotopic (exact) mass is 361 g/mol. The first kappa shape index (κ1) is 16.6. The van der Waals surface area contributed by atoms with E-state index in [2.05, 4.69) is 5.32 Å². The number of nitrogens with two attached hydrogens (primary N) is 1. The zero-order valence-corrected chi connectivity index (χ0v) is 14.4. The Morgan fingerprint density at radius 2 is 1.70 bits per heavy atom. The van der Waals surface area contributed by atoms with E-state index in [1.54, 1.807) is 24.3 Å². The molecule has 3 N–H and O–H groups in total. The number of hydrogen-bond donors (Lipinski definition) is 2. The van der Waals surface area contributed by atoms with E-state index in [0.29, 0.717) is 17.2 Å². The fraction of sp³-hybridized carbons (Fsp3) is 0.0500. The Bertz CT molecular complexity index is 1150. The summed E-state index contributed by atoms with van der Waals surface area (Å²) in [6, 6.07) is 15.5. The van der Waals surface area contributed by atoms with Crippen molar-refractivity contribution in [1.29, 1.82) is 0 Å². The van der Waals surface area contributed by atoms with Crippen LogP contribution in [0.15, 0.2) is 59.4 Å². The van der Waals surface area contributed by atoms with Crippen LogP contribution in [-0.4, -0.2) is 16.4 Å². The SMILES string of the molecule is Cc1cccc(-n2c(N)c3c(cc2=O)C(=O)NC3=O)c1Oc1ccccc1. The van der Waals surface area contributed by atoms with Gasteiger partial charge in [0.1, 0.15) is 11.6 Å². The molecule has 0 fully saturated rings. The molecule has 2 amide bonds. The number of pyridine rings is 1. The maximum absolute atomic E-state index is 12.7. The van der Waals surface area contributed by atoms with Crippen LogP contribution in [0.1, 0.15) is 26.3 Å². The third kappa shape index (κ3) is 2.65. The van der Waals surface area contributed by atoms with Crippen molar-refractivity contribution in [3.05, 3.63) is 81.6 Å². The van der Waals surface area contributed by atoms with Crippen molar-refractivity contribution >= 4 is 17.6 Å². The summed E-state index contributed by atoms with van der Waals surface area (Å²) in [5, 5.41) is 2.15. The summed E-state index contributed by atoms with van der Waals surface area (Å²) in [6.45, 7) is 1.84. The summed E-state index contributed by atoms with van der Waals surface area (Å²) >= 11 is 0. The topological polar surface area (TPSA) is 103 Å². The number of carbonyl (C=O) groups excluding carboxylic acids is 2. The average Bonchev–Trinajstić information content (AvgIpc) is 2.92. The van der Waals surface area contributed by atoms with E-state index in [1.807, 2.05) is 31.2 Å². The second kappa shape index (κ2) is 6.14. The number of nitrogen functional groups attached to an aromatic ring is 1. The predicted molar refractivity (Wildman–Crippen MR) is 99.5 cm³/mol. The zero-order valence-electron chi connectivity index (χ0n) is 14.4. The number of nitrogens with zero attached hydrogens (tertiary/aromatic N) is 1. The molecule has 0 saturated heterocycles. The summed E-state index contributed by atoms with van der Waals surface area (Å²) in [6.07, 6.45) is 0. The van der Waals surface area contributed by atoms with Gasteiger partial charge in [0.2, 0.25) is 0 Å². The van der Waals surface area contributed by atoms with Gasteiger partial charge in [-0.2, -0.15) is 0 Å². The lowest BCUT2D eigenvalue weighted by Crippen LogP contribution is -2.24. The van der Waals surface area contributed by atoms with Gasteiger partial charge in [-0.1, -0.05) is 30.3 Å². The molecule has 4 rings (SSSR count). The van der Waals surface area contributed by atoms with Crippen molar-refractivity contribution in [2.45, 2.75) is 6.92 Å². The van der Waals surface area contributed by atoms with Gasteiger partial charge in [0.25, 0.3) is 17.4 Å². The molecule has 134 valence electrons. The van der Waals surface area contributed by atoms with Crippen molar-refractivity contribution in [1.82, 2.24) is 9.88 Å². The van der Waals surface area contributed by atoms with Crippen LogP contribution in [0.2, 0.25) is 0 Å². The predicted octanol–water partition coefficient (Wildman–Crippen LogP) is 2.40. The third-order valence-corrected chi connectivity index (χ3v) is 4.35. The smallest absolute Gasteiger partial charge is 0.262 e. The number of benzene rings is 2. The van der Waals surface area contributed by atoms with Crippen LogP contribution in [0.3, 0.4) is 0 Å². The Kier molecular flexibility index (Phi) is 3.77. The molecule has 0 atom stereocenters. The lowest BCUT2D eigenvalue weighted by Gasteiger charge is -2.17. The van der Waals surface area contributed by atoms with Crippen molar-refractivity contribution in [2.24, 2.45) is 0 Å². The second-order valence-electron chi connectivity index (χ2n) is 6.11. The fourth-order valence-electron chi connectivity index (χ4n) is 3.08. The van der Waals surface area contributed by atoms with E-state index in [4.69, 9.17) is 10.5 Å². The van der Waals surface area contributed by atoms with Crippen molar-refractivity contribution in [2.75, 3.05) is 5.73 Å². The summed E-state index contributed by atoms with van der Waals surface area (Å²) in [4.78, 5) is 36.6. The molecular weight excluding hydrogens is 346 g/mol. The largest absolute Gasteiger partial charge is 0.455 e. The molecule has 0 spiro atoms. The molecule has 1 aliphatic rings. The van der Waals surface area contributed by atoms with Gasteiger partial charge < -0.3 is 10.5 Å².